The molecule has 0 saturated carbocycles. The zero-order valence-corrected chi connectivity index (χ0v) is 12.4. The number of hydrogen-bond acceptors (Lipinski definition) is 4. The van der Waals surface area contributed by atoms with Crippen LogP contribution in [-0.4, -0.2) is 47.7 Å². The second-order valence-electron chi connectivity index (χ2n) is 4.02. The summed E-state index contributed by atoms with van der Waals surface area (Å²) < 4.78 is 24.8. The van der Waals surface area contributed by atoms with Crippen LogP contribution in [0.1, 0.15) is 24.2 Å². The Morgan fingerprint density at radius 3 is 2.75 bits per heavy atom. The number of carbonyl (C=O) groups is 1. The molecule has 0 atom stereocenters. The van der Waals surface area contributed by atoms with Gasteiger partial charge in [0.1, 0.15) is 5.03 Å². The lowest BCUT2D eigenvalue weighted by Crippen LogP contribution is -2.35. The Hall–Kier alpha value is -1.21. The predicted molar refractivity (Wildman–Crippen MR) is 76.2 cm³/mol. The van der Waals surface area contributed by atoms with Crippen LogP contribution in [0.25, 0.3) is 0 Å². The topological polar surface area (TPSA) is 45.2 Å². The van der Waals surface area contributed by atoms with Crippen LogP contribution < -0.4 is 5.32 Å². The summed E-state index contributed by atoms with van der Waals surface area (Å²) in [7, 11) is 0. The van der Waals surface area contributed by atoms with Gasteiger partial charge in [0.25, 0.3) is 11.7 Å². The van der Waals surface area contributed by atoms with E-state index in [9.17, 15) is 13.6 Å². The van der Waals surface area contributed by atoms with Crippen molar-refractivity contribution in [3.63, 3.8) is 0 Å². The highest BCUT2D eigenvalue weighted by Gasteiger charge is 2.16. The van der Waals surface area contributed by atoms with Gasteiger partial charge in [0, 0.05) is 19.3 Å². The van der Waals surface area contributed by atoms with E-state index in [0.717, 1.165) is 19.6 Å². The largest absolute Gasteiger partial charge is 0.351 e. The fourth-order valence-corrected chi connectivity index (χ4v) is 2.28. The molecule has 4 nitrogen and oxygen atoms in total. The summed E-state index contributed by atoms with van der Waals surface area (Å²) in [4.78, 5) is 18.0. The third kappa shape index (κ3) is 5.42. The molecule has 0 aromatic carbocycles. The maximum atomic E-state index is 12.4. The first-order valence-electron chi connectivity index (χ1n) is 6.48. The Morgan fingerprint density at radius 1 is 1.45 bits per heavy atom. The highest BCUT2D eigenvalue weighted by molar-refractivity contribution is 7.99. The number of carbonyl (C=O) groups excluding carboxylic acids is 1. The fourth-order valence-electron chi connectivity index (χ4n) is 1.70. The van der Waals surface area contributed by atoms with E-state index in [4.69, 9.17) is 0 Å². The molecule has 0 fully saturated rings. The van der Waals surface area contributed by atoms with Gasteiger partial charge in [-0.25, -0.2) is 4.98 Å². The van der Waals surface area contributed by atoms with Crippen LogP contribution in [0.3, 0.4) is 0 Å². The maximum absolute atomic E-state index is 12.4. The minimum Gasteiger partial charge on any atom is -0.351 e. The molecule has 1 heterocycles. The molecule has 0 unspecified atom stereocenters. The van der Waals surface area contributed by atoms with E-state index in [2.05, 4.69) is 15.2 Å². The molecular weight excluding hydrogens is 284 g/mol. The van der Waals surface area contributed by atoms with Gasteiger partial charge in [-0.15, -0.1) is 0 Å². The molecule has 0 saturated heterocycles. The Morgan fingerprint density at radius 2 is 2.15 bits per heavy atom. The zero-order valence-electron chi connectivity index (χ0n) is 11.6. The molecule has 112 valence electrons. The van der Waals surface area contributed by atoms with Crippen molar-refractivity contribution in [3.05, 3.63) is 23.9 Å². The summed E-state index contributed by atoms with van der Waals surface area (Å²) in [6, 6.07) is 3.07. The number of likely N-dealkylation sites (N-methyl/N-ethyl adjacent to an activating group) is 1. The predicted octanol–water partition coefficient (Wildman–Crippen LogP) is 2.47. The average molecular weight is 303 g/mol. The zero-order chi connectivity index (χ0) is 15.0. The Bertz CT molecular complexity index is 428. The fraction of sp³-hybridized carbons (Fsp3) is 0.538. The lowest BCUT2D eigenvalue weighted by Gasteiger charge is -2.18. The molecule has 0 spiro atoms. The number of pyridine rings is 1. The number of rotatable bonds is 8. The highest BCUT2D eigenvalue weighted by Crippen LogP contribution is 2.26. The summed E-state index contributed by atoms with van der Waals surface area (Å²) in [6.07, 6.45) is 1.40. The van der Waals surface area contributed by atoms with Gasteiger partial charge in [-0.1, -0.05) is 13.8 Å². The van der Waals surface area contributed by atoms with E-state index in [1.54, 1.807) is 6.07 Å². The number of halogens is 2. The third-order valence-electron chi connectivity index (χ3n) is 2.82. The minimum atomic E-state index is -2.59. The van der Waals surface area contributed by atoms with Gasteiger partial charge in [-0.3, -0.25) is 4.79 Å². The van der Waals surface area contributed by atoms with Crippen molar-refractivity contribution in [1.82, 2.24) is 15.2 Å². The third-order valence-corrected chi connectivity index (χ3v) is 3.55. The van der Waals surface area contributed by atoms with Crippen molar-refractivity contribution in [2.24, 2.45) is 0 Å². The lowest BCUT2D eigenvalue weighted by molar-refractivity contribution is 0.0945. The molecule has 1 aromatic heterocycles. The summed E-state index contributed by atoms with van der Waals surface area (Å²) in [5, 5.41) is 2.79. The second-order valence-corrected chi connectivity index (χ2v) is 5.00. The molecule has 1 amide bonds. The first-order valence-corrected chi connectivity index (χ1v) is 7.36. The van der Waals surface area contributed by atoms with Crippen molar-refractivity contribution in [3.8, 4) is 0 Å². The number of hydrogen-bond donors (Lipinski definition) is 1. The molecular formula is C13H19F2N3OS. The number of nitrogens with one attached hydrogen (secondary N) is 1. The molecule has 0 radical (unpaired) electrons. The van der Waals surface area contributed by atoms with E-state index < -0.39 is 5.76 Å². The Labute approximate surface area is 121 Å². The first-order chi connectivity index (χ1) is 9.58. The number of alkyl halides is 2. The molecule has 7 heteroatoms. The van der Waals surface area contributed by atoms with Crippen molar-refractivity contribution < 1.29 is 13.6 Å². The molecule has 0 aliphatic rings. The SMILES string of the molecule is CCN(CC)CCNC(=O)c1cccnc1SC(F)F. The normalized spacial score (nSPS) is 11.1. The van der Waals surface area contributed by atoms with Crippen LogP contribution in [-0.2, 0) is 0 Å². The summed E-state index contributed by atoms with van der Waals surface area (Å²) in [5.41, 5.74) is 0.192. The van der Waals surface area contributed by atoms with Gasteiger partial charge in [-0.05, 0) is 37.0 Å². The van der Waals surface area contributed by atoms with Gasteiger partial charge in [0.05, 0.1) is 5.56 Å². The molecule has 1 N–H and O–H groups in total. The van der Waals surface area contributed by atoms with Crippen molar-refractivity contribution in [2.45, 2.75) is 24.6 Å². The molecule has 0 aliphatic heterocycles. The molecule has 20 heavy (non-hydrogen) atoms. The van der Waals surface area contributed by atoms with E-state index >= 15 is 0 Å². The number of thioether (sulfide) groups is 1. The molecule has 0 bridgehead atoms. The van der Waals surface area contributed by atoms with Gasteiger partial charge in [0.15, 0.2) is 0 Å². The van der Waals surface area contributed by atoms with Crippen LogP contribution >= 0.6 is 11.8 Å². The van der Waals surface area contributed by atoms with Gasteiger partial charge in [-0.2, -0.15) is 8.78 Å². The number of aromatic nitrogens is 1. The minimum absolute atomic E-state index is 0.0582. The summed E-state index contributed by atoms with van der Waals surface area (Å²) in [5.74, 6) is -2.96. The first kappa shape index (κ1) is 16.8. The highest BCUT2D eigenvalue weighted by atomic mass is 32.2. The quantitative estimate of drug-likeness (QED) is 0.749. The van der Waals surface area contributed by atoms with Crippen molar-refractivity contribution in [1.29, 1.82) is 0 Å². The smallest absolute Gasteiger partial charge is 0.290 e. The van der Waals surface area contributed by atoms with Crippen LogP contribution in [0, 0.1) is 0 Å². The Balaban J connectivity index is 2.59. The molecule has 1 rings (SSSR count). The van der Waals surface area contributed by atoms with Crippen LogP contribution in [0.4, 0.5) is 8.78 Å². The maximum Gasteiger partial charge on any atom is 0.290 e. The van der Waals surface area contributed by atoms with E-state index in [-0.39, 0.29) is 28.3 Å². The van der Waals surface area contributed by atoms with E-state index in [1.807, 2.05) is 13.8 Å². The number of nitrogens with zero attached hydrogens (tertiary/aromatic N) is 2. The summed E-state index contributed by atoms with van der Waals surface area (Å²) >= 11 is 0.286. The van der Waals surface area contributed by atoms with Gasteiger partial charge < -0.3 is 10.2 Å². The monoisotopic (exact) mass is 303 g/mol. The lowest BCUT2D eigenvalue weighted by atomic mass is 10.2. The van der Waals surface area contributed by atoms with Crippen molar-refractivity contribution >= 4 is 17.7 Å². The second kappa shape index (κ2) is 8.86. The van der Waals surface area contributed by atoms with E-state index in [1.165, 1.54) is 12.3 Å². The average Bonchev–Trinajstić information content (AvgIpc) is 2.43. The number of amides is 1. The van der Waals surface area contributed by atoms with Gasteiger partial charge >= 0.3 is 0 Å². The van der Waals surface area contributed by atoms with Crippen LogP contribution in [0.2, 0.25) is 0 Å². The Kier molecular flexibility index (Phi) is 7.46. The van der Waals surface area contributed by atoms with E-state index in [0.29, 0.717) is 6.54 Å². The standard InChI is InChI=1S/C13H19F2N3OS/c1-3-18(4-2)9-8-16-11(19)10-6-5-7-17-12(10)20-13(14)15/h5-7,13H,3-4,8-9H2,1-2H3,(H,16,19). The van der Waals surface area contributed by atoms with Gasteiger partial charge in [0.2, 0.25) is 0 Å². The van der Waals surface area contributed by atoms with Crippen LogP contribution in [0.5, 0.6) is 0 Å². The molecule has 1 aromatic rings. The van der Waals surface area contributed by atoms with Crippen molar-refractivity contribution in [2.75, 3.05) is 26.2 Å². The molecule has 0 aliphatic carbocycles. The summed E-state index contributed by atoms with van der Waals surface area (Å²) in [6.45, 7) is 7.12. The van der Waals surface area contributed by atoms with Crippen LogP contribution in [0.15, 0.2) is 23.4 Å².